The number of aryl methyl sites for hydroxylation is 6. The highest BCUT2D eigenvalue weighted by Gasteiger charge is 2.15. The zero-order valence-electron chi connectivity index (χ0n) is 13.3. The molecule has 1 nitrogen and oxygen atoms in total. The van der Waals surface area contributed by atoms with Crippen molar-refractivity contribution in [2.45, 2.75) is 41.5 Å². The first-order valence-electron chi connectivity index (χ1n) is 7.06. The van der Waals surface area contributed by atoms with Gasteiger partial charge < -0.3 is 0 Å². The van der Waals surface area contributed by atoms with E-state index in [-0.39, 0.29) is 0 Å². The van der Waals surface area contributed by atoms with Gasteiger partial charge in [-0.3, -0.25) is 5.41 Å². The lowest BCUT2D eigenvalue weighted by molar-refractivity contribution is 1.25. The van der Waals surface area contributed by atoms with Crippen LogP contribution < -0.4 is 0 Å². The Kier molecular flexibility index (Phi) is 3.80. The first-order valence-corrected chi connectivity index (χ1v) is 7.06. The van der Waals surface area contributed by atoms with Crippen LogP contribution in [0.2, 0.25) is 0 Å². The van der Waals surface area contributed by atoms with Gasteiger partial charge in [0, 0.05) is 11.1 Å². The summed E-state index contributed by atoms with van der Waals surface area (Å²) >= 11 is 0. The molecule has 0 unspecified atom stereocenters. The Bertz CT molecular complexity index is 587. The van der Waals surface area contributed by atoms with Crippen molar-refractivity contribution in [3.8, 4) is 0 Å². The van der Waals surface area contributed by atoms with Crippen LogP contribution in [0.1, 0.15) is 44.5 Å². The van der Waals surface area contributed by atoms with Gasteiger partial charge in [-0.2, -0.15) is 0 Å². The summed E-state index contributed by atoms with van der Waals surface area (Å²) in [4.78, 5) is 0. The fraction of sp³-hybridized carbons (Fsp3) is 0.316. The highest BCUT2D eigenvalue weighted by atomic mass is 14.4. The van der Waals surface area contributed by atoms with Gasteiger partial charge in [0.15, 0.2) is 0 Å². The van der Waals surface area contributed by atoms with Gasteiger partial charge in [0.2, 0.25) is 0 Å². The maximum atomic E-state index is 8.68. The van der Waals surface area contributed by atoms with E-state index in [1.807, 2.05) is 0 Å². The molecule has 0 heterocycles. The van der Waals surface area contributed by atoms with Crippen LogP contribution in [0.4, 0.5) is 0 Å². The summed E-state index contributed by atoms with van der Waals surface area (Å²) in [6, 6.07) is 8.65. The molecule has 0 amide bonds. The fourth-order valence-electron chi connectivity index (χ4n) is 3.27. The molecule has 0 aliphatic heterocycles. The highest BCUT2D eigenvalue weighted by Crippen LogP contribution is 2.24. The molecule has 0 aliphatic rings. The standard InChI is InChI=1S/C19H23N/c1-11-7-13(3)17(14(4)8-11)19(20)18-15(5)9-12(2)10-16(18)6/h7-10,20H,1-6H3. The minimum Gasteiger partial charge on any atom is -0.300 e. The average molecular weight is 265 g/mol. The number of nitrogens with one attached hydrogen (secondary N) is 1. The van der Waals surface area contributed by atoms with Crippen LogP contribution in [-0.4, -0.2) is 5.71 Å². The Morgan fingerprint density at radius 3 is 1.10 bits per heavy atom. The van der Waals surface area contributed by atoms with Crippen LogP contribution >= 0.6 is 0 Å². The second kappa shape index (κ2) is 5.24. The van der Waals surface area contributed by atoms with Crippen molar-refractivity contribution in [2.24, 2.45) is 0 Å². The third kappa shape index (κ3) is 2.53. The van der Waals surface area contributed by atoms with Gasteiger partial charge in [0.1, 0.15) is 0 Å². The van der Waals surface area contributed by atoms with Crippen molar-refractivity contribution in [2.75, 3.05) is 0 Å². The number of benzene rings is 2. The second-order valence-corrected chi connectivity index (χ2v) is 5.92. The molecular formula is C19H23N. The molecule has 0 spiro atoms. The molecule has 0 atom stereocenters. The summed E-state index contributed by atoms with van der Waals surface area (Å²) in [5, 5.41) is 8.68. The van der Waals surface area contributed by atoms with E-state index >= 15 is 0 Å². The van der Waals surface area contributed by atoms with Gasteiger partial charge in [-0.05, 0) is 63.8 Å². The van der Waals surface area contributed by atoms with Crippen molar-refractivity contribution in [1.82, 2.24) is 0 Å². The van der Waals surface area contributed by atoms with E-state index in [1.54, 1.807) is 0 Å². The normalized spacial score (nSPS) is 10.7. The van der Waals surface area contributed by atoms with Crippen LogP contribution in [0.15, 0.2) is 24.3 Å². The van der Waals surface area contributed by atoms with Crippen LogP contribution in [0, 0.1) is 47.0 Å². The van der Waals surface area contributed by atoms with Crippen molar-refractivity contribution in [1.29, 1.82) is 5.41 Å². The summed E-state index contributed by atoms with van der Waals surface area (Å²) in [6.07, 6.45) is 0. The van der Waals surface area contributed by atoms with E-state index in [2.05, 4.69) is 65.8 Å². The van der Waals surface area contributed by atoms with E-state index in [4.69, 9.17) is 5.41 Å². The molecule has 1 N–H and O–H groups in total. The van der Waals surface area contributed by atoms with Crippen molar-refractivity contribution in [3.05, 3.63) is 68.8 Å². The van der Waals surface area contributed by atoms with E-state index in [0.717, 1.165) is 11.1 Å². The minimum absolute atomic E-state index is 0.648. The minimum atomic E-state index is 0.648. The first kappa shape index (κ1) is 14.5. The third-order valence-electron chi connectivity index (χ3n) is 3.85. The maximum absolute atomic E-state index is 8.68. The maximum Gasteiger partial charge on any atom is 0.0695 e. The molecule has 0 fully saturated rings. The fourth-order valence-corrected chi connectivity index (χ4v) is 3.27. The third-order valence-corrected chi connectivity index (χ3v) is 3.85. The molecule has 0 saturated carbocycles. The number of hydrogen-bond acceptors (Lipinski definition) is 1. The molecule has 0 aliphatic carbocycles. The zero-order chi connectivity index (χ0) is 15.0. The topological polar surface area (TPSA) is 23.9 Å². The van der Waals surface area contributed by atoms with E-state index in [1.165, 1.54) is 33.4 Å². The molecule has 0 radical (unpaired) electrons. The van der Waals surface area contributed by atoms with Gasteiger partial charge >= 0.3 is 0 Å². The lowest BCUT2D eigenvalue weighted by atomic mass is 9.88. The molecular weight excluding hydrogens is 242 g/mol. The summed E-state index contributed by atoms with van der Waals surface area (Å²) in [7, 11) is 0. The van der Waals surface area contributed by atoms with Crippen molar-refractivity contribution < 1.29 is 0 Å². The Morgan fingerprint density at radius 1 is 0.600 bits per heavy atom. The van der Waals surface area contributed by atoms with Crippen molar-refractivity contribution in [3.63, 3.8) is 0 Å². The van der Waals surface area contributed by atoms with E-state index < -0.39 is 0 Å². The van der Waals surface area contributed by atoms with Gasteiger partial charge in [-0.25, -0.2) is 0 Å². The summed E-state index contributed by atoms with van der Waals surface area (Å²) in [5.74, 6) is 0. The molecule has 2 rings (SSSR count). The monoisotopic (exact) mass is 265 g/mol. The van der Waals surface area contributed by atoms with Gasteiger partial charge in [0.05, 0.1) is 5.71 Å². The molecule has 0 aromatic heterocycles. The van der Waals surface area contributed by atoms with Crippen LogP contribution in [-0.2, 0) is 0 Å². The lowest BCUT2D eigenvalue weighted by Gasteiger charge is -2.17. The Hall–Kier alpha value is -1.89. The molecule has 20 heavy (non-hydrogen) atoms. The SMILES string of the molecule is Cc1cc(C)c(C(=N)c2c(C)cc(C)cc2C)c(C)c1. The van der Waals surface area contributed by atoms with Gasteiger partial charge in [-0.15, -0.1) is 0 Å². The quantitative estimate of drug-likeness (QED) is 0.743. The predicted molar refractivity (Wildman–Crippen MR) is 87.2 cm³/mol. The molecule has 0 bridgehead atoms. The second-order valence-electron chi connectivity index (χ2n) is 5.92. The summed E-state index contributed by atoms with van der Waals surface area (Å²) in [6.45, 7) is 12.6. The highest BCUT2D eigenvalue weighted by molar-refractivity contribution is 6.14. The lowest BCUT2D eigenvalue weighted by Crippen LogP contribution is -2.10. The molecule has 104 valence electrons. The Balaban J connectivity index is 2.64. The Labute approximate surface area is 122 Å². The van der Waals surface area contributed by atoms with Crippen LogP contribution in [0.3, 0.4) is 0 Å². The Morgan fingerprint density at radius 2 is 0.850 bits per heavy atom. The van der Waals surface area contributed by atoms with Crippen LogP contribution in [0.25, 0.3) is 0 Å². The van der Waals surface area contributed by atoms with Gasteiger partial charge in [0.25, 0.3) is 0 Å². The van der Waals surface area contributed by atoms with Crippen LogP contribution in [0.5, 0.6) is 0 Å². The number of hydrogen-bond donors (Lipinski definition) is 1. The predicted octanol–water partition coefficient (Wildman–Crippen LogP) is 4.95. The molecule has 2 aromatic rings. The van der Waals surface area contributed by atoms with Crippen molar-refractivity contribution >= 4 is 5.71 Å². The zero-order valence-corrected chi connectivity index (χ0v) is 13.3. The molecule has 1 heteroatoms. The van der Waals surface area contributed by atoms with E-state index in [9.17, 15) is 0 Å². The molecule has 2 aromatic carbocycles. The van der Waals surface area contributed by atoms with E-state index in [0.29, 0.717) is 5.71 Å². The first-order chi connectivity index (χ1) is 9.31. The number of rotatable bonds is 2. The average Bonchev–Trinajstić information content (AvgIpc) is 2.25. The summed E-state index contributed by atoms with van der Waals surface area (Å²) < 4.78 is 0. The summed E-state index contributed by atoms with van der Waals surface area (Å²) in [5.41, 5.74) is 10.1. The smallest absolute Gasteiger partial charge is 0.0695 e. The molecule has 0 saturated heterocycles. The van der Waals surface area contributed by atoms with Gasteiger partial charge in [-0.1, -0.05) is 35.4 Å². The largest absolute Gasteiger partial charge is 0.300 e.